The van der Waals surface area contributed by atoms with Crippen molar-refractivity contribution in [1.82, 2.24) is 9.29 Å². The molecule has 1 atom stereocenters. The van der Waals surface area contributed by atoms with E-state index in [4.69, 9.17) is 4.55 Å². The molecule has 0 saturated carbocycles. The Kier molecular flexibility index (Phi) is 3.52. The quantitative estimate of drug-likeness (QED) is 0.772. The third kappa shape index (κ3) is 2.58. The van der Waals surface area contributed by atoms with Gasteiger partial charge < -0.3 is 4.90 Å². The minimum atomic E-state index is -1.84. The maximum Gasteiger partial charge on any atom is 0.234 e. The second-order valence-corrected chi connectivity index (χ2v) is 4.82. The molecule has 88 valence electrons. The largest absolute Gasteiger partial charge is 0.354 e. The molecule has 1 fully saturated rings. The Balaban J connectivity index is 1.99. The molecule has 6 heteroatoms. The molecule has 0 aromatic carbocycles. The van der Waals surface area contributed by atoms with Crippen LogP contribution in [0.3, 0.4) is 0 Å². The average Bonchev–Trinajstić information content (AvgIpc) is 2.30. The number of hydrogen-bond acceptors (Lipinski definition) is 3. The zero-order chi connectivity index (χ0) is 11.5. The SMILES string of the molecule is Cc1ccc(N2CCN(S(=O)O)CC2)nc1. The van der Waals surface area contributed by atoms with Crippen molar-refractivity contribution in [3.8, 4) is 0 Å². The molecule has 2 heterocycles. The van der Waals surface area contributed by atoms with E-state index < -0.39 is 11.3 Å². The molecule has 0 amide bonds. The van der Waals surface area contributed by atoms with Gasteiger partial charge in [-0.05, 0) is 18.6 Å². The third-order valence-electron chi connectivity index (χ3n) is 2.68. The van der Waals surface area contributed by atoms with E-state index in [0.29, 0.717) is 13.1 Å². The topological polar surface area (TPSA) is 56.7 Å². The molecule has 5 nitrogen and oxygen atoms in total. The fourth-order valence-electron chi connectivity index (χ4n) is 1.72. The standard InChI is InChI=1S/C10H15N3O2S/c1-9-2-3-10(11-8-9)12-4-6-13(7-5-12)16(14)15/h2-3,8H,4-7H2,1H3,(H,14,15). The van der Waals surface area contributed by atoms with Crippen LogP contribution in [0.2, 0.25) is 0 Å². The molecule has 0 bridgehead atoms. The van der Waals surface area contributed by atoms with Gasteiger partial charge in [0.2, 0.25) is 11.3 Å². The van der Waals surface area contributed by atoms with Gasteiger partial charge in [-0.1, -0.05) is 6.07 Å². The van der Waals surface area contributed by atoms with Crippen LogP contribution in [-0.4, -0.2) is 44.2 Å². The number of rotatable bonds is 2. The number of piperazine rings is 1. The van der Waals surface area contributed by atoms with Crippen LogP contribution in [0.15, 0.2) is 18.3 Å². The van der Waals surface area contributed by atoms with Crippen molar-refractivity contribution in [2.24, 2.45) is 0 Å². The highest BCUT2D eigenvalue weighted by atomic mass is 32.2. The van der Waals surface area contributed by atoms with Gasteiger partial charge in [-0.3, -0.25) is 4.55 Å². The van der Waals surface area contributed by atoms with Gasteiger partial charge in [0.05, 0.1) is 0 Å². The van der Waals surface area contributed by atoms with Crippen LogP contribution in [-0.2, 0) is 11.3 Å². The van der Waals surface area contributed by atoms with E-state index >= 15 is 0 Å². The van der Waals surface area contributed by atoms with Gasteiger partial charge in [0, 0.05) is 32.4 Å². The first-order valence-electron chi connectivity index (χ1n) is 5.20. The van der Waals surface area contributed by atoms with Crippen LogP contribution in [0.5, 0.6) is 0 Å². The first-order valence-corrected chi connectivity index (χ1v) is 6.27. The molecule has 16 heavy (non-hydrogen) atoms. The van der Waals surface area contributed by atoms with Gasteiger partial charge in [0.25, 0.3) is 0 Å². The van der Waals surface area contributed by atoms with Crippen molar-refractivity contribution in [3.63, 3.8) is 0 Å². The van der Waals surface area contributed by atoms with Crippen LogP contribution in [0.4, 0.5) is 5.82 Å². The summed E-state index contributed by atoms with van der Waals surface area (Å²) in [5.41, 5.74) is 1.14. The number of pyridine rings is 1. The first kappa shape index (κ1) is 11.5. The molecule has 1 aliphatic rings. The third-order valence-corrected chi connectivity index (χ3v) is 3.49. The van der Waals surface area contributed by atoms with Crippen LogP contribution in [0.25, 0.3) is 0 Å². The number of nitrogens with zero attached hydrogens (tertiary/aromatic N) is 3. The number of aromatic nitrogens is 1. The van der Waals surface area contributed by atoms with E-state index in [1.807, 2.05) is 25.3 Å². The Morgan fingerprint density at radius 3 is 2.50 bits per heavy atom. The summed E-state index contributed by atoms with van der Waals surface area (Å²) in [4.78, 5) is 6.47. The summed E-state index contributed by atoms with van der Waals surface area (Å²) in [7, 11) is 0. The lowest BCUT2D eigenvalue weighted by Gasteiger charge is -2.32. The Labute approximate surface area is 97.5 Å². The van der Waals surface area contributed by atoms with E-state index in [1.54, 1.807) is 4.31 Å². The van der Waals surface area contributed by atoms with Crippen LogP contribution in [0, 0.1) is 6.92 Å². The summed E-state index contributed by atoms with van der Waals surface area (Å²) in [6, 6.07) is 4.01. The molecule has 0 radical (unpaired) electrons. The molecule has 1 saturated heterocycles. The van der Waals surface area contributed by atoms with Crippen LogP contribution in [0.1, 0.15) is 5.56 Å². The minimum Gasteiger partial charge on any atom is -0.354 e. The predicted octanol–water partition coefficient (Wildman–Crippen LogP) is 0.649. The van der Waals surface area contributed by atoms with Crippen molar-refractivity contribution < 1.29 is 8.76 Å². The van der Waals surface area contributed by atoms with Crippen molar-refractivity contribution in [2.75, 3.05) is 31.1 Å². The van der Waals surface area contributed by atoms with Crippen LogP contribution < -0.4 is 4.90 Å². The average molecular weight is 241 g/mol. The molecule has 0 aliphatic carbocycles. The predicted molar refractivity (Wildman–Crippen MR) is 63.5 cm³/mol. The zero-order valence-corrected chi connectivity index (χ0v) is 9.98. The summed E-state index contributed by atoms with van der Waals surface area (Å²) in [6.07, 6.45) is 1.84. The highest BCUT2D eigenvalue weighted by molar-refractivity contribution is 7.76. The minimum absolute atomic E-state index is 0.596. The van der Waals surface area contributed by atoms with E-state index in [9.17, 15) is 4.21 Å². The Morgan fingerprint density at radius 1 is 1.31 bits per heavy atom. The molecule has 1 aliphatic heterocycles. The monoisotopic (exact) mass is 241 g/mol. The van der Waals surface area contributed by atoms with Crippen molar-refractivity contribution in [2.45, 2.75) is 6.92 Å². The molecule has 1 unspecified atom stereocenters. The van der Waals surface area contributed by atoms with E-state index in [1.165, 1.54) is 0 Å². The highest BCUT2D eigenvalue weighted by Crippen LogP contribution is 2.14. The number of anilines is 1. The first-order chi connectivity index (χ1) is 7.66. The molecule has 2 rings (SSSR count). The van der Waals surface area contributed by atoms with Crippen molar-refractivity contribution >= 4 is 17.1 Å². The molecule has 1 aromatic heterocycles. The summed E-state index contributed by atoms with van der Waals surface area (Å²) >= 11 is -1.84. The normalized spacial score (nSPS) is 19.8. The summed E-state index contributed by atoms with van der Waals surface area (Å²) in [5, 5.41) is 0. The van der Waals surface area contributed by atoms with Crippen LogP contribution >= 0.6 is 0 Å². The number of aryl methyl sites for hydroxylation is 1. The smallest absolute Gasteiger partial charge is 0.234 e. The molecule has 0 spiro atoms. The van der Waals surface area contributed by atoms with Gasteiger partial charge >= 0.3 is 0 Å². The Morgan fingerprint density at radius 2 is 2.00 bits per heavy atom. The maximum absolute atomic E-state index is 10.8. The van der Waals surface area contributed by atoms with Gasteiger partial charge in [0.1, 0.15) is 5.82 Å². The van der Waals surface area contributed by atoms with Crippen molar-refractivity contribution in [3.05, 3.63) is 23.9 Å². The fourth-order valence-corrected chi connectivity index (χ4v) is 2.20. The van der Waals surface area contributed by atoms with E-state index in [-0.39, 0.29) is 0 Å². The lowest BCUT2D eigenvalue weighted by atomic mass is 10.3. The summed E-state index contributed by atoms with van der Waals surface area (Å²) in [5.74, 6) is 0.939. The second-order valence-electron chi connectivity index (χ2n) is 3.84. The Hall–Kier alpha value is -0.980. The van der Waals surface area contributed by atoms with Crippen molar-refractivity contribution in [1.29, 1.82) is 0 Å². The van der Waals surface area contributed by atoms with E-state index in [2.05, 4.69) is 9.88 Å². The second kappa shape index (κ2) is 4.90. The van der Waals surface area contributed by atoms with Gasteiger partial charge in [-0.25, -0.2) is 9.19 Å². The maximum atomic E-state index is 10.8. The lowest BCUT2D eigenvalue weighted by Crippen LogP contribution is -2.47. The molecule has 1 aromatic rings. The van der Waals surface area contributed by atoms with Gasteiger partial charge in [-0.2, -0.15) is 4.31 Å². The molecule has 1 N–H and O–H groups in total. The summed E-state index contributed by atoms with van der Waals surface area (Å²) < 4.78 is 21.3. The number of hydrogen-bond donors (Lipinski definition) is 1. The molecular formula is C10H15N3O2S. The summed E-state index contributed by atoms with van der Waals surface area (Å²) in [6.45, 7) is 4.67. The fraction of sp³-hybridized carbons (Fsp3) is 0.500. The van der Waals surface area contributed by atoms with Gasteiger partial charge in [-0.15, -0.1) is 0 Å². The lowest BCUT2D eigenvalue weighted by molar-refractivity contribution is 0.372. The molecular weight excluding hydrogens is 226 g/mol. The highest BCUT2D eigenvalue weighted by Gasteiger charge is 2.20. The van der Waals surface area contributed by atoms with Gasteiger partial charge in [0.15, 0.2) is 0 Å². The van der Waals surface area contributed by atoms with E-state index in [0.717, 1.165) is 24.5 Å². The zero-order valence-electron chi connectivity index (χ0n) is 9.17. The Bertz CT molecular complexity index is 374.